The van der Waals surface area contributed by atoms with Gasteiger partial charge in [0.25, 0.3) is 0 Å². The van der Waals surface area contributed by atoms with Crippen molar-refractivity contribution < 1.29 is 14.3 Å². The first-order valence-electron chi connectivity index (χ1n) is 9.79. The second-order valence-electron chi connectivity index (χ2n) is 6.41. The highest BCUT2D eigenvalue weighted by Gasteiger charge is 2.11. The molecule has 0 saturated heterocycles. The predicted molar refractivity (Wildman–Crippen MR) is 119 cm³/mol. The topological polar surface area (TPSA) is 93.2 Å². The van der Waals surface area contributed by atoms with E-state index in [1.54, 1.807) is 6.92 Å². The van der Waals surface area contributed by atoms with Gasteiger partial charge in [-0.05, 0) is 37.6 Å². The Hall–Kier alpha value is -3.13. The average Bonchev–Trinajstić information content (AvgIpc) is 2.76. The minimum absolute atomic E-state index is 0.127. The monoisotopic (exact) mass is 424 g/mol. The molecule has 3 rings (SSSR count). The van der Waals surface area contributed by atoms with Crippen molar-refractivity contribution in [1.29, 1.82) is 0 Å². The molecule has 0 aliphatic heterocycles. The van der Waals surface area contributed by atoms with Crippen LogP contribution in [0, 0.1) is 0 Å². The van der Waals surface area contributed by atoms with E-state index >= 15 is 0 Å². The van der Waals surface area contributed by atoms with Gasteiger partial charge >= 0.3 is 5.97 Å². The number of anilines is 2. The minimum atomic E-state index is -0.246. The lowest BCUT2D eigenvalue weighted by atomic mass is 10.2. The van der Waals surface area contributed by atoms with Crippen LogP contribution in [0.2, 0.25) is 0 Å². The maximum absolute atomic E-state index is 12.1. The smallest absolute Gasteiger partial charge is 0.305 e. The lowest BCUT2D eigenvalue weighted by Gasteiger charge is -2.11. The Kier molecular flexibility index (Phi) is 8.02. The van der Waals surface area contributed by atoms with E-state index in [4.69, 9.17) is 4.74 Å². The van der Waals surface area contributed by atoms with Gasteiger partial charge in [0.05, 0.1) is 17.9 Å². The van der Waals surface area contributed by atoms with Crippen molar-refractivity contribution in [2.75, 3.05) is 24.2 Å². The molecule has 2 N–H and O–H groups in total. The number of esters is 1. The first kappa shape index (κ1) is 21.6. The number of thioether (sulfide) groups is 1. The molecule has 8 heteroatoms. The molecule has 0 fully saturated rings. The van der Waals surface area contributed by atoms with Crippen molar-refractivity contribution in [2.45, 2.75) is 24.9 Å². The van der Waals surface area contributed by atoms with Gasteiger partial charge in [-0.15, -0.1) is 0 Å². The van der Waals surface area contributed by atoms with Crippen LogP contribution in [-0.2, 0) is 14.3 Å². The second kappa shape index (κ2) is 11.2. The van der Waals surface area contributed by atoms with E-state index in [-0.39, 0.29) is 17.6 Å². The van der Waals surface area contributed by atoms with Gasteiger partial charge in [0.2, 0.25) is 5.91 Å². The van der Waals surface area contributed by atoms with Gasteiger partial charge in [-0.25, -0.2) is 9.97 Å². The van der Waals surface area contributed by atoms with Crippen LogP contribution in [0.3, 0.4) is 0 Å². The number of nitrogens with zero attached hydrogens (tertiary/aromatic N) is 2. The molecule has 1 aromatic heterocycles. The van der Waals surface area contributed by atoms with Gasteiger partial charge in [-0.1, -0.05) is 42.1 Å². The molecule has 0 atom stereocenters. The summed E-state index contributed by atoms with van der Waals surface area (Å²) in [6.07, 6.45) is 0.844. The second-order valence-corrected chi connectivity index (χ2v) is 7.35. The molecule has 3 aromatic rings. The van der Waals surface area contributed by atoms with Gasteiger partial charge in [-0.3, -0.25) is 9.59 Å². The predicted octanol–water partition coefficient (Wildman–Crippen LogP) is 3.93. The molecule has 0 saturated carbocycles. The van der Waals surface area contributed by atoms with Crippen LogP contribution in [0.15, 0.2) is 59.8 Å². The number of aromatic nitrogens is 2. The van der Waals surface area contributed by atoms with Crippen molar-refractivity contribution in [1.82, 2.24) is 15.3 Å². The fourth-order valence-corrected chi connectivity index (χ4v) is 3.43. The number of hydrogen-bond donors (Lipinski definition) is 2. The van der Waals surface area contributed by atoms with Gasteiger partial charge in [0.15, 0.2) is 5.16 Å². The fraction of sp³-hybridized carbons (Fsp3) is 0.273. The molecule has 30 heavy (non-hydrogen) atoms. The van der Waals surface area contributed by atoms with E-state index in [0.29, 0.717) is 37.0 Å². The summed E-state index contributed by atoms with van der Waals surface area (Å²) in [5.41, 5.74) is 1.74. The van der Waals surface area contributed by atoms with E-state index in [1.165, 1.54) is 11.8 Å². The van der Waals surface area contributed by atoms with E-state index < -0.39 is 0 Å². The molecule has 1 heterocycles. The first-order valence-corrected chi connectivity index (χ1v) is 10.8. The zero-order valence-electron chi connectivity index (χ0n) is 16.8. The number of carbonyl (C=O) groups excluding carboxylic acids is 2. The molecule has 7 nitrogen and oxygen atoms in total. The highest BCUT2D eigenvalue weighted by molar-refractivity contribution is 7.99. The van der Waals surface area contributed by atoms with Crippen molar-refractivity contribution in [3.8, 4) is 0 Å². The van der Waals surface area contributed by atoms with Crippen LogP contribution in [0.1, 0.15) is 19.8 Å². The molecule has 0 spiro atoms. The number of hydrogen-bond acceptors (Lipinski definition) is 7. The molecule has 1 amide bonds. The van der Waals surface area contributed by atoms with Crippen molar-refractivity contribution in [2.24, 2.45) is 0 Å². The molecule has 156 valence electrons. The quantitative estimate of drug-likeness (QED) is 0.220. The lowest BCUT2D eigenvalue weighted by molar-refractivity contribution is -0.143. The van der Waals surface area contributed by atoms with Crippen LogP contribution in [0.4, 0.5) is 11.5 Å². The van der Waals surface area contributed by atoms with Crippen molar-refractivity contribution in [3.05, 3.63) is 54.6 Å². The molecule has 0 aliphatic carbocycles. The first-order chi connectivity index (χ1) is 14.7. The van der Waals surface area contributed by atoms with E-state index in [0.717, 1.165) is 16.6 Å². The number of para-hydroxylation sites is 2. The Morgan fingerprint density at radius 1 is 1.03 bits per heavy atom. The summed E-state index contributed by atoms with van der Waals surface area (Å²) in [5, 5.41) is 7.57. The minimum Gasteiger partial charge on any atom is -0.466 e. The van der Waals surface area contributed by atoms with Crippen LogP contribution in [0.5, 0.6) is 0 Å². The zero-order chi connectivity index (χ0) is 21.2. The Balaban J connectivity index is 1.59. The molecule has 0 aliphatic rings. The third-order valence-corrected chi connectivity index (χ3v) is 4.98. The molecule has 0 unspecified atom stereocenters. The highest BCUT2D eigenvalue weighted by Crippen LogP contribution is 2.26. The summed E-state index contributed by atoms with van der Waals surface area (Å²) < 4.78 is 4.86. The maximum Gasteiger partial charge on any atom is 0.305 e. The zero-order valence-corrected chi connectivity index (χ0v) is 17.6. The van der Waals surface area contributed by atoms with Gasteiger partial charge in [-0.2, -0.15) is 0 Å². The number of benzene rings is 2. The summed E-state index contributed by atoms with van der Waals surface area (Å²) in [6.45, 7) is 2.57. The molecule has 0 bridgehead atoms. The third kappa shape index (κ3) is 6.45. The summed E-state index contributed by atoms with van der Waals surface area (Å²) >= 11 is 1.27. The van der Waals surface area contributed by atoms with Crippen LogP contribution >= 0.6 is 11.8 Å². The van der Waals surface area contributed by atoms with E-state index in [9.17, 15) is 9.59 Å². The van der Waals surface area contributed by atoms with Gasteiger partial charge in [0, 0.05) is 24.0 Å². The Bertz CT molecular complexity index is 998. The largest absolute Gasteiger partial charge is 0.466 e. The van der Waals surface area contributed by atoms with Gasteiger partial charge < -0.3 is 15.4 Å². The average molecular weight is 425 g/mol. The van der Waals surface area contributed by atoms with Crippen LogP contribution in [0.25, 0.3) is 10.9 Å². The summed E-state index contributed by atoms with van der Waals surface area (Å²) in [5.74, 6) is 0.522. The third-order valence-electron chi connectivity index (χ3n) is 4.14. The Morgan fingerprint density at radius 2 is 1.80 bits per heavy atom. The summed E-state index contributed by atoms with van der Waals surface area (Å²) in [4.78, 5) is 32.6. The highest BCUT2D eigenvalue weighted by atomic mass is 32.2. The number of fused-ring (bicyclic) bond motifs is 1. The number of rotatable bonds is 10. The van der Waals surface area contributed by atoms with E-state index in [1.807, 2.05) is 54.6 Å². The van der Waals surface area contributed by atoms with Gasteiger partial charge in [0.1, 0.15) is 5.82 Å². The van der Waals surface area contributed by atoms with Crippen LogP contribution < -0.4 is 10.6 Å². The normalized spacial score (nSPS) is 10.6. The van der Waals surface area contributed by atoms with Crippen LogP contribution in [-0.4, -0.2) is 40.7 Å². The number of amides is 1. The lowest BCUT2D eigenvalue weighted by Crippen LogP contribution is -2.26. The van der Waals surface area contributed by atoms with E-state index in [2.05, 4.69) is 20.6 Å². The standard InChI is InChI=1S/C22H24N4O3S/c1-2-29-20(28)13-8-14-23-19(27)15-30-22-25-18-12-7-6-11-17(18)21(26-22)24-16-9-4-3-5-10-16/h3-7,9-12H,2,8,13-15H2,1H3,(H,23,27)(H,24,25,26). The van der Waals surface area contributed by atoms with Crippen molar-refractivity contribution >= 4 is 46.0 Å². The van der Waals surface area contributed by atoms with Crippen molar-refractivity contribution in [3.63, 3.8) is 0 Å². The molecule has 0 radical (unpaired) electrons. The molecular weight excluding hydrogens is 400 g/mol. The number of carbonyl (C=O) groups is 2. The Labute approximate surface area is 179 Å². The molecular formula is C22H24N4O3S. The maximum atomic E-state index is 12.1. The number of ether oxygens (including phenoxy) is 1. The summed E-state index contributed by atoms with van der Waals surface area (Å²) in [7, 11) is 0. The fourth-order valence-electron chi connectivity index (χ4n) is 2.75. The SMILES string of the molecule is CCOC(=O)CCCNC(=O)CSc1nc(Nc2ccccc2)c2ccccc2n1. The Morgan fingerprint density at radius 3 is 2.60 bits per heavy atom. The number of nitrogens with one attached hydrogen (secondary N) is 2. The summed E-state index contributed by atoms with van der Waals surface area (Å²) in [6, 6.07) is 17.5. The molecule has 2 aromatic carbocycles.